The number of nitrogens with one attached hydrogen (secondary N) is 1. The number of pyridine rings is 1. The molecule has 0 bridgehead atoms. The van der Waals surface area contributed by atoms with Gasteiger partial charge in [-0.05, 0) is 93.3 Å². The third-order valence-corrected chi connectivity index (χ3v) is 7.74. The van der Waals surface area contributed by atoms with Gasteiger partial charge in [0.2, 0.25) is 0 Å². The number of hydrogen-bond donors (Lipinski definition) is 1. The van der Waals surface area contributed by atoms with Crippen LogP contribution in [0.2, 0.25) is 0 Å². The Balaban J connectivity index is 1.59. The van der Waals surface area contributed by atoms with E-state index >= 15 is 0 Å². The molecule has 1 aliphatic heterocycles. The number of nitrogens with zero attached hydrogens (tertiary/aromatic N) is 6. The summed E-state index contributed by atoms with van der Waals surface area (Å²) >= 11 is 0. The van der Waals surface area contributed by atoms with Crippen molar-refractivity contribution in [1.82, 2.24) is 30.1 Å². The third kappa shape index (κ3) is 4.55. The minimum atomic E-state index is -0.358. The standard InChI is InChI=1S/C29H37N7O/c1-18-9-8-10-24(21(18)4)34-13-15-35(16-14-34)26(27-31-32-33-36(27)29(5,6)7)23-17-22-19(2)11-12-20(3)25(22)30-28(23)37/h8-12,17,26H,13-16H2,1-7H3,(H,30,37). The van der Waals surface area contributed by atoms with Gasteiger partial charge in [0.25, 0.3) is 5.56 Å². The molecule has 0 aliphatic carbocycles. The van der Waals surface area contributed by atoms with Gasteiger partial charge in [0, 0.05) is 42.8 Å². The first-order valence-corrected chi connectivity index (χ1v) is 13.0. The average Bonchev–Trinajstić information content (AvgIpc) is 3.35. The summed E-state index contributed by atoms with van der Waals surface area (Å²) in [5.74, 6) is 0.697. The Morgan fingerprint density at radius 3 is 2.32 bits per heavy atom. The Kier molecular flexibility index (Phi) is 6.40. The number of fused-ring (bicyclic) bond motifs is 1. The van der Waals surface area contributed by atoms with Crippen LogP contribution in [0.3, 0.4) is 0 Å². The Morgan fingerprint density at radius 2 is 1.62 bits per heavy atom. The molecule has 4 aromatic rings. The Bertz CT molecular complexity index is 1500. The van der Waals surface area contributed by atoms with E-state index in [9.17, 15) is 4.79 Å². The molecular weight excluding hydrogens is 462 g/mol. The largest absolute Gasteiger partial charge is 0.369 e. The highest BCUT2D eigenvalue weighted by atomic mass is 16.1. The highest BCUT2D eigenvalue weighted by Gasteiger charge is 2.35. The maximum Gasteiger partial charge on any atom is 0.253 e. The Morgan fingerprint density at radius 1 is 0.919 bits per heavy atom. The predicted molar refractivity (Wildman–Crippen MR) is 148 cm³/mol. The summed E-state index contributed by atoms with van der Waals surface area (Å²) in [6.45, 7) is 18.0. The van der Waals surface area contributed by atoms with E-state index in [0.29, 0.717) is 11.4 Å². The number of H-pyrrole nitrogens is 1. The van der Waals surface area contributed by atoms with Crippen LogP contribution in [0, 0.1) is 27.7 Å². The van der Waals surface area contributed by atoms with Crippen molar-refractivity contribution in [2.24, 2.45) is 0 Å². The lowest BCUT2D eigenvalue weighted by molar-refractivity contribution is 0.190. The normalized spacial score (nSPS) is 15.9. The number of tetrazole rings is 1. The molecule has 5 rings (SSSR count). The first-order valence-electron chi connectivity index (χ1n) is 13.0. The van der Waals surface area contributed by atoms with Crippen molar-refractivity contribution in [3.05, 3.63) is 80.4 Å². The molecule has 8 nitrogen and oxygen atoms in total. The second-order valence-corrected chi connectivity index (χ2v) is 11.3. The van der Waals surface area contributed by atoms with Gasteiger partial charge in [-0.3, -0.25) is 9.69 Å². The number of piperazine rings is 1. The number of rotatable bonds is 4. The summed E-state index contributed by atoms with van der Waals surface area (Å²) in [7, 11) is 0. The quantitative estimate of drug-likeness (QED) is 0.448. The highest BCUT2D eigenvalue weighted by molar-refractivity contribution is 5.85. The zero-order chi connectivity index (χ0) is 26.5. The molecule has 2 aromatic carbocycles. The van der Waals surface area contributed by atoms with Crippen LogP contribution in [0.1, 0.15) is 60.5 Å². The van der Waals surface area contributed by atoms with Gasteiger partial charge in [0.15, 0.2) is 5.82 Å². The van der Waals surface area contributed by atoms with Crippen LogP contribution < -0.4 is 10.5 Å². The fraction of sp³-hybridized carbons (Fsp3) is 0.448. The average molecular weight is 500 g/mol. The van der Waals surface area contributed by atoms with Crippen LogP contribution in [0.5, 0.6) is 0 Å². The molecule has 2 aromatic heterocycles. The van der Waals surface area contributed by atoms with Crippen molar-refractivity contribution in [2.75, 3.05) is 31.1 Å². The van der Waals surface area contributed by atoms with Gasteiger partial charge in [-0.15, -0.1) is 5.10 Å². The van der Waals surface area contributed by atoms with Crippen LogP contribution in [0.4, 0.5) is 5.69 Å². The second kappa shape index (κ2) is 9.41. The van der Waals surface area contributed by atoms with E-state index in [1.807, 2.05) is 11.6 Å². The maximum absolute atomic E-state index is 13.6. The fourth-order valence-electron chi connectivity index (χ4n) is 5.44. The van der Waals surface area contributed by atoms with E-state index in [2.05, 4.69) is 108 Å². The van der Waals surface area contributed by atoms with Gasteiger partial charge >= 0.3 is 0 Å². The van der Waals surface area contributed by atoms with E-state index in [1.54, 1.807) is 0 Å². The number of aromatic nitrogens is 5. The summed E-state index contributed by atoms with van der Waals surface area (Å²) in [4.78, 5) is 21.6. The summed E-state index contributed by atoms with van der Waals surface area (Å²) in [6.07, 6.45) is 0. The molecule has 1 N–H and O–H groups in total. The van der Waals surface area contributed by atoms with Crippen molar-refractivity contribution >= 4 is 16.6 Å². The number of benzene rings is 2. The SMILES string of the molecule is Cc1cccc(N2CCN(C(c3cc4c(C)ccc(C)c4[nH]c3=O)c3nnnn3C(C)(C)C)CC2)c1C. The minimum absolute atomic E-state index is 0.0911. The molecule has 8 heteroatoms. The lowest BCUT2D eigenvalue weighted by Crippen LogP contribution is -2.49. The zero-order valence-corrected chi connectivity index (χ0v) is 23.0. The molecule has 1 atom stereocenters. The molecule has 0 amide bonds. The van der Waals surface area contributed by atoms with Crippen LogP contribution in [0.25, 0.3) is 10.9 Å². The van der Waals surface area contributed by atoms with Crippen LogP contribution in [0.15, 0.2) is 41.2 Å². The number of aromatic amines is 1. The van der Waals surface area contributed by atoms with E-state index < -0.39 is 0 Å². The van der Waals surface area contributed by atoms with Gasteiger partial charge in [-0.25, -0.2) is 4.68 Å². The topological polar surface area (TPSA) is 82.9 Å². The minimum Gasteiger partial charge on any atom is -0.369 e. The van der Waals surface area contributed by atoms with E-state index in [4.69, 9.17) is 0 Å². The Labute approximate surface area is 218 Å². The Hall–Kier alpha value is -3.52. The lowest BCUT2D eigenvalue weighted by Gasteiger charge is -2.40. The lowest BCUT2D eigenvalue weighted by atomic mass is 9.98. The summed E-state index contributed by atoms with van der Waals surface area (Å²) in [5.41, 5.74) is 7.25. The number of hydrogen-bond acceptors (Lipinski definition) is 6. The summed E-state index contributed by atoms with van der Waals surface area (Å²) in [5, 5.41) is 13.9. The molecule has 1 fully saturated rings. The highest BCUT2D eigenvalue weighted by Crippen LogP contribution is 2.32. The van der Waals surface area contributed by atoms with Crippen LogP contribution in [-0.2, 0) is 5.54 Å². The molecule has 3 heterocycles. The molecule has 1 aliphatic rings. The van der Waals surface area contributed by atoms with E-state index in [1.165, 1.54) is 16.8 Å². The molecule has 37 heavy (non-hydrogen) atoms. The second-order valence-electron chi connectivity index (χ2n) is 11.3. The van der Waals surface area contributed by atoms with Crippen molar-refractivity contribution in [3.63, 3.8) is 0 Å². The van der Waals surface area contributed by atoms with Gasteiger partial charge < -0.3 is 9.88 Å². The number of anilines is 1. The molecule has 0 spiro atoms. The first kappa shape index (κ1) is 25.1. The van der Waals surface area contributed by atoms with Crippen molar-refractivity contribution in [3.8, 4) is 0 Å². The van der Waals surface area contributed by atoms with Gasteiger partial charge in [-0.1, -0.05) is 24.3 Å². The van der Waals surface area contributed by atoms with Crippen molar-refractivity contribution in [2.45, 2.75) is 60.0 Å². The van der Waals surface area contributed by atoms with Gasteiger partial charge in [-0.2, -0.15) is 0 Å². The van der Waals surface area contributed by atoms with Crippen molar-refractivity contribution in [1.29, 1.82) is 0 Å². The van der Waals surface area contributed by atoms with Gasteiger partial charge in [0.1, 0.15) is 6.04 Å². The van der Waals surface area contributed by atoms with E-state index in [-0.39, 0.29) is 17.1 Å². The van der Waals surface area contributed by atoms with Crippen molar-refractivity contribution < 1.29 is 0 Å². The fourth-order valence-corrected chi connectivity index (χ4v) is 5.44. The predicted octanol–water partition coefficient (Wildman–Crippen LogP) is 4.41. The van der Waals surface area contributed by atoms with Crippen LogP contribution >= 0.6 is 0 Å². The molecule has 1 saturated heterocycles. The molecule has 1 unspecified atom stereocenters. The molecule has 0 radical (unpaired) electrons. The summed E-state index contributed by atoms with van der Waals surface area (Å²) < 4.78 is 1.86. The van der Waals surface area contributed by atoms with Gasteiger partial charge in [0.05, 0.1) is 11.1 Å². The van der Waals surface area contributed by atoms with E-state index in [0.717, 1.165) is 48.2 Å². The van der Waals surface area contributed by atoms with Crippen LogP contribution in [-0.4, -0.2) is 56.3 Å². The number of aryl methyl sites for hydroxylation is 3. The summed E-state index contributed by atoms with van der Waals surface area (Å²) in [6, 6.07) is 12.3. The molecular formula is C29H37N7O. The monoisotopic (exact) mass is 499 g/mol. The first-order chi connectivity index (χ1) is 17.6. The zero-order valence-electron chi connectivity index (χ0n) is 23.0. The smallest absolute Gasteiger partial charge is 0.253 e. The maximum atomic E-state index is 13.6. The molecule has 194 valence electrons. The third-order valence-electron chi connectivity index (χ3n) is 7.74. The molecule has 0 saturated carbocycles.